The third-order valence-electron chi connectivity index (χ3n) is 2.71. The maximum atomic E-state index is 11.2. The average molecular weight is 225 g/mol. The second-order valence-corrected chi connectivity index (χ2v) is 3.76. The summed E-state index contributed by atoms with van der Waals surface area (Å²) >= 11 is 0. The molecule has 0 amide bonds. The lowest BCUT2D eigenvalue weighted by Crippen LogP contribution is -2.49. The Morgan fingerprint density at radius 2 is 2.25 bits per heavy atom. The van der Waals surface area contributed by atoms with E-state index >= 15 is 0 Å². The number of carboxylic acids is 1. The summed E-state index contributed by atoms with van der Waals surface area (Å²) in [6.07, 6.45) is 5.06. The van der Waals surface area contributed by atoms with Crippen LogP contribution in [0.15, 0.2) is 18.7 Å². The van der Waals surface area contributed by atoms with Gasteiger partial charge in [0.05, 0.1) is 19.5 Å². The average Bonchev–Trinajstić information content (AvgIpc) is 2.79. The van der Waals surface area contributed by atoms with Gasteiger partial charge in [-0.1, -0.05) is 0 Å². The highest BCUT2D eigenvalue weighted by molar-refractivity contribution is 5.73. The fourth-order valence-electron chi connectivity index (χ4n) is 1.83. The Balaban J connectivity index is 2.01. The molecule has 0 saturated carbocycles. The van der Waals surface area contributed by atoms with Crippen molar-refractivity contribution in [3.63, 3.8) is 0 Å². The van der Waals surface area contributed by atoms with Crippen LogP contribution in [0.4, 0.5) is 0 Å². The Labute approximate surface area is 93.4 Å². The molecule has 1 unspecified atom stereocenters. The van der Waals surface area contributed by atoms with Gasteiger partial charge in [-0.3, -0.25) is 9.69 Å². The third kappa shape index (κ3) is 2.59. The number of ether oxygens (including phenoxy) is 1. The van der Waals surface area contributed by atoms with E-state index in [0.29, 0.717) is 32.8 Å². The van der Waals surface area contributed by atoms with E-state index < -0.39 is 12.0 Å². The van der Waals surface area contributed by atoms with E-state index in [9.17, 15) is 9.90 Å². The Morgan fingerprint density at radius 1 is 1.50 bits per heavy atom. The molecule has 2 rings (SSSR count). The van der Waals surface area contributed by atoms with E-state index in [1.807, 2.05) is 4.90 Å². The Bertz CT molecular complexity index is 333. The summed E-state index contributed by atoms with van der Waals surface area (Å²) in [6.45, 7) is 2.98. The van der Waals surface area contributed by atoms with Gasteiger partial charge in [0.1, 0.15) is 6.04 Å². The topological polar surface area (TPSA) is 67.6 Å². The summed E-state index contributed by atoms with van der Waals surface area (Å²) in [5.41, 5.74) is 0. The molecule has 0 bridgehead atoms. The van der Waals surface area contributed by atoms with Crippen LogP contribution in [0.25, 0.3) is 0 Å². The summed E-state index contributed by atoms with van der Waals surface area (Å²) in [5.74, 6) is -0.796. The maximum absolute atomic E-state index is 11.2. The van der Waals surface area contributed by atoms with Crippen LogP contribution < -0.4 is 0 Å². The number of hydrogen-bond acceptors (Lipinski definition) is 4. The summed E-state index contributed by atoms with van der Waals surface area (Å²) in [4.78, 5) is 17.1. The van der Waals surface area contributed by atoms with E-state index in [0.717, 1.165) is 0 Å². The molecular weight excluding hydrogens is 210 g/mol. The van der Waals surface area contributed by atoms with Crippen molar-refractivity contribution in [3.8, 4) is 0 Å². The van der Waals surface area contributed by atoms with Gasteiger partial charge in [-0.2, -0.15) is 0 Å². The Hall–Kier alpha value is -1.40. The monoisotopic (exact) mass is 225 g/mol. The molecule has 1 aliphatic rings. The van der Waals surface area contributed by atoms with E-state index in [1.165, 1.54) is 0 Å². The third-order valence-corrected chi connectivity index (χ3v) is 2.71. The van der Waals surface area contributed by atoms with Gasteiger partial charge in [0.15, 0.2) is 0 Å². The van der Waals surface area contributed by atoms with Crippen molar-refractivity contribution in [2.24, 2.45) is 0 Å². The number of aliphatic carboxylic acids is 1. The molecule has 1 fully saturated rings. The summed E-state index contributed by atoms with van der Waals surface area (Å²) in [6, 6.07) is -0.502. The highest BCUT2D eigenvalue weighted by atomic mass is 16.5. The fraction of sp³-hybridized carbons (Fsp3) is 0.600. The van der Waals surface area contributed by atoms with Gasteiger partial charge < -0.3 is 14.4 Å². The normalized spacial score (nSPS) is 19.5. The van der Waals surface area contributed by atoms with Crippen LogP contribution in [0.2, 0.25) is 0 Å². The zero-order valence-electron chi connectivity index (χ0n) is 8.95. The van der Waals surface area contributed by atoms with E-state index in [-0.39, 0.29) is 0 Å². The van der Waals surface area contributed by atoms with Crippen molar-refractivity contribution in [2.45, 2.75) is 12.6 Å². The molecule has 0 radical (unpaired) electrons. The number of hydrogen-bond donors (Lipinski definition) is 1. The molecule has 2 heterocycles. The van der Waals surface area contributed by atoms with E-state index in [1.54, 1.807) is 23.3 Å². The smallest absolute Gasteiger partial charge is 0.322 e. The van der Waals surface area contributed by atoms with Crippen LogP contribution in [-0.2, 0) is 16.1 Å². The molecule has 1 N–H and O–H groups in total. The zero-order chi connectivity index (χ0) is 11.4. The predicted octanol–water partition coefficient (Wildman–Crippen LogP) is -0.332. The van der Waals surface area contributed by atoms with Crippen molar-refractivity contribution < 1.29 is 14.6 Å². The number of aromatic nitrogens is 2. The number of morpholine rings is 1. The number of nitrogens with zero attached hydrogens (tertiary/aromatic N) is 3. The van der Waals surface area contributed by atoms with Crippen LogP contribution >= 0.6 is 0 Å². The van der Waals surface area contributed by atoms with Gasteiger partial charge in [-0.25, -0.2) is 4.98 Å². The van der Waals surface area contributed by atoms with Crippen LogP contribution in [0.3, 0.4) is 0 Å². The first kappa shape index (κ1) is 11.1. The largest absolute Gasteiger partial charge is 0.480 e. The Kier molecular flexibility index (Phi) is 3.53. The van der Waals surface area contributed by atoms with Gasteiger partial charge in [-0.05, 0) is 0 Å². The van der Waals surface area contributed by atoms with Gasteiger partial charge in [0.2, 0.25) is 0 Å². The molecule has 1 atom stereocenters. The van der Waals surface area contributed by atoms with Crippen LogP contribution in [0, 0.1) is 0 Å². The summed E-state index contributed by atoms with van der Waals surface area (Å²) in [5, 5.41) is 9.21. The van der Waals surface area contributed by atoms with Gasteiger partial charge in [0, 0.05) is 32.0 Å². The number of rotatable bonds is 4. The predicted molar refractivity (Wildman–Crippen MR) is 56.0 cm³/mol. The molecule has 88 valence electrons. The first-order chi connectivity index (χ1) is 7.77. The molecule has 1 aromatic heterocycles. The molecule has 0 spiro atoms. The molecule has 1 aliphatic heterocycles. The minimum atomic E-state index is -0.796. The van der Waals surface area contributed by atoms with Crippen molar-refractivity contribution >= 4 is 5.97 Å². The molecule has 6 nitrogen and oxygen atoms in total. The highest BCUT2D eigenvalue weighted by Gasteiger charge is 2.27. The van der Waals surface area contributed by atoms with E-state index in [4.69, 9.17) is 4.74 Å². The zero-order valence-corrected chi connectivity index (χ0v) is 8.95. The maximum Gasteiger partial charge on any atom is 0.322 e. The van der Waals surface area contributed by atoms with Gasteiger partial charge >= 0.3 is 5.97 Å². The molecular formula is C10H15N3O3. The van der Waals surface area contributed by atoms with Crippen molar-refractivity contribution in [1.29, 1.82) is 0 Å². The molecule has 16 heavy (non-hydrogen) atoms. The second-order valence-electron chi connectivity index (χ2n) is 3.76. The first-order valence-electron chi connectivity index (χ1n) is 5.28. The molecule has 0 aromatic carbocycles. The van der Waals surface area contributed by atoms with Crippen molar-refractivity contribution in [2.75, 3.05) is 26.3 Å². The minimum Gasteiger partial charge on any atom is -0.480 e. The Morgan fingerprint density at radius 3 is 2.81 bits per heavy atom. The standard InChI is InChI=1S/C10H15N3O3/c14-10(15)9(7-12-2-1-11-8-12)13-3-5-16-6-4-13/h1-2,8-9H,3-7H2,(H,14,15). The summed E-state index contributed by atoms with van der Waals surface area (Å²) in [7, 11) is 0. The second kappa shape index (κ2) is 5.09. The molecule has 6 heteroatoms. The van der Waals surface area contributed by atoms with E-state index in [2.05, 4.69) is 4.98 Å². The molecule has 1 aromatic rings. The lowest BCUT2D eigenvalue weighted by molar-refractivity contribution is -0.145. The fourth-order valence-corrected chi connectivity index (χ4v) is 1.83. The number of carboxylic acid groups (broad SMARTS) is 1. The minimum absolute atomic E-state index is 0.426. The van der Waals surface area contributed by atoms with Crippen LogP contribution in [-0.4, -0.2) is 57.9 Å². The van der Waals surface area contributed by atoms with Crippen LogP contribution in [0.1, 0.15) is 0 Å². The quantitative estimate of drug-likeness (QED) is 0.760. The number of imidazole rings is 1. The first-order valence-corrected chi connectivity index (χ1v) is 5.28. The number of carbonyl (C=O) groups is 1. The SMILES string of the molecule is O=C(O)C(Cn1ccnc1)N1CCOCC1. The molecule has 0 aliphatic carbocycles. The van der Waals surface area contributed by atoms with Gasteiger partial charge in [0.25, 0.3) is 0 Å². The lowest BCUT2D eigenvalue weighted by atomic mass is 10.2. The highest BCUT2D eigenvalue weighted by Crippen LogP contribution is 2.07. The van der Waals surface area contributed by atoms with Crippen molar-refractivity contribution in [3.05, 3.63) is 18.7 Å². The molecule has 1 saturated heterocycles. The summed E-state index contributed by atoms with van der Waals surface area (Å²) < 4.78 is 7.00. The van der Waals surface area contributed by atoms with Crippen molar-refractivity contribution in [1.82, 2.24) is 14.5 Å². The van der Waals surface area contributed by atoms with Crippen LogP contribution in [0.5, 0.6) is 0 Å². The lowest BCUT2D eigenvalue weighted by Gasteiger charge is -2.31. The van der Waals surface area contributed by atoms with Gasteiger partial charge in [-0.15, -0.1) is 0 Å².